The van der Waals surface area contributed by atoms with E-state index in [9.17, 15) is 9.00 Å². The van der Waals surface area contributed by atoms with E-state index in [2.05, 4.69) is 39.0 Å². The van der Waals surface area contributed by atoms with Crippen molar-refractivity contribution < 1.29 is 9.00 Å². The predicted molar refractivity (Wildman–Crippen MR) is 117 cm³/mol. The topological polar surface area (TPSA) is 88.1 Å². The molecule has 0 fully saturated rings. The number of hydrogen-bond donors (Lipinski definition) is 1. The van der Waals surface area contributed by atoms with E-state index in [1.165, 1.54) is 5.56 Å². The number of carbonyl (C=O) groups is 1. The minimum absolute atomic E-state index is 0.255. The van der Waals surface area contributed by atoms with Gasteiger partial charge in [0.1, 0.15) is 5.69 Å². The molecule has 1 N–H and O–H groups in total. The zero-order valence-electron chi connectivity index (χ0n) is 17.1. The van der Waals surface area contributed by atoms with Crippen molar-refractivity contribution in [1.82, 2.24) is 15.0 Å². The molecule has 1 amide bonds. The summed E-state index contributed by atoms with van der Waals surface area (Å²) in [5, 5.41) is 3.24. The lowest BCUT2D eigenvalue weighted by atomic mass is 10.0. The van der Waals surface area contributed by atoms with Crippen LogP contribution in [0.15, 0.2) is 53.9 Å². The molecule has 4 rings (SSSR count). The lowest BCUT2D eigenvalue weighted by Gasteiger charge is -2.17. The molecule has 1 aromatic carbocycles. The van der Waals surface area contributed by atoms with Gasteiger partial charge in [-0.25, -0.2) is 9.97 Å². The molecule has 30 heavy (non-hydrogen) atoms. The molecule has 2 aromatic heterocycles. The second kappa shape index (κ2) is 8.31. The van der Waals surface area contributed by atoms with E-state index in [0.29, 0.717) is 29.9 Å². The van der Waals surface area contributed by atoms with Crippen molar-refractivity contribution in [3.05, 3.63) is 71.3 Å². The summed E-state index contributed by atoms with van der Waals surface area (Å²) < 4.78 is 11.6. The fourth-order valence-corrected chi connectivity index (χ4v) is 3.78. The number of nitrogens with zero attached hydrogens (tertiary/aromatic N) is 4. The first kappa shape index (κ1) is 20.2. The molecule has 0 bridgehead atoms. The fraction of sp³-hybridized carbons (Fsp3) is 0.273. The second-order valence-corrected chi connectivity index (χ2v) is 8.84. The Morgan fingerprint density at radius 2 is 1.90 bits per heavy atom. The van der Waals surface area contributed by atoms with Crippen molar-refractivity contribution in [2.45, 2.75) is 38.0 Å². The van der Waals surface area contributed by atoms with Crippen molar-refractivity contribution in [2.24, 2.45) is 0 Å². The molecule has 154 valence electrons. The average molecular weight is 422 g/mol. The van der Waals surface area contributed by atoms with Gasteiger partial charge < -0.3 is 10.2 Å². The van der Waals surface area contributed by atoms with E-state index in [0.717, 1.165) is 22.6 Å². The molecule has 7 nitrogen and oxygen atoms in total. The first-order valence-electron chi connectivity index (χ1n) is 9.71. The fourth-order valence-electron chi connectivity index (χ4n) is 3.34. The summed E-state index contributed by atoms with van der Waals surface area (Å²) in [5.41, 5.74) is 5.04. The molecule has 1 atom stereocenters. The first-order valence-corrected chi connectivity index (χ1v) is 11.3. The highest BCUT2D eigenvalue weighted by molar-refractivity contribution is 7.84. The normalized spacial score (nSPS) is 13.9. The summed E-state index contributed by atoms with van der Waals surface area (Å²) >= 11 is 0. The summed E-state index contributed by atoms with van der Waals surface area (Å²) in [6.07, 6.45) is 4.93. The van der Waals surface area contributed by atoms with Gasteiger partial charge in [-0.15, -0.1) is 0 Å². The maximum Gasteiger partial charge on any atom is 0.274 e. The summed E-state index contributed by atoms with van der Waals surface area (Å²) in [6, 6.07) is 11.5. The highest BCUT2D eigenvalue weighted by Gasteiger charge is 2.23. The van der Waals surface area contributed by atoms with E-state index in [1.54, 1.807) is 24.7 Å². The van der Waals surface area contributed by atoms with Gasteiger partial charge >= 0.3 is 0 Å². The van der Waals surface area contributed by atoms with E-state index < -0.39 is 10.8 Å². The summed E-state index contributed by atoms with van der Waals surface area (Å²) in [6.45, 7) is 5.47. The van der Waals surface area contributed by atoms with Crippen LogP contribution >= 0.6 is 0 Å². The molecule has 8 heteroatoms. The molecule has 0 spiro atoms. The minimum Gasteiger partial charge on any atom is -0.361 e. The molecule has 1 aliphatic rings. The second-order valence-electron chi connectivity index (χ2n) is 7.56. The van der Waals surface area contributed by atoms with Gasteiger partial charge in [-0.2, -0.15) is 0 Å². The average Bonchev–Trinajstić information content (AvgIpc) is 3.17. The Labute approximate surface area is 178 Å². The zero-order chi connectivity index (χ0) is 21.3. The van der Waals surface area contributed by atoms with Gasteiger partial charge in [0, 0.05) is 42.1 Å². The van der Waals surface area contributed by atoms with Crippen LogP contribution in [0.3, 0.4) is 0 Å². The number of hydrogen-bond acceptors (Lipinski definition) is 6. The Morgan fingerprint density at radius 1 is 1.13 bits per heavy atom. The highest BCUT2D eigenvalue weighted by atomic mass is 32.2. The third-order valence-corrected chi connectivity index (χ3v) is 5.78. The molecule has 1 unspecified atom stereocenters. The predicted octanol–water partition coefficient (Wildman–Crippen LogP) is 3.50. The summed E-state index contributed by atoms with van der Waals surface area (Å²) in [5.74, 6) is 0.185. The van der Waals surface area contributed by atoms with Crippen LogP contribution in [0.2, 0.25) is 0 Å². The maximum atomic E-state index is 12.7. The highest BCUT2D eigenvalue weighted by Crippen LogP contribution is 2.27. The van der Waals surface area contributed by atoms with Crippen LogP contribution in [0.25, 0.3) is 0 Å². The van der Waals surface area contributed by atoms with Gasteiger partial charge in [-0.1, -0.05) is 26.0 Å². The molecule has 0 aliphatic carbocycles. The maximum absolute atomic E-state index is 12.7. The van der Waals surface area contributed by atoms with E-state index >= 15 is 0 Å². The molecule has 0 saturated heterocycles. The van der Waals surface area contributed by atoms with Crippen LogP contribution in [0.5, 0.6) is 0 Å². The monoisotopic (exact) mass is 421 g/mol. The van der Waals surface area contributed by atoms with Gasteiger partial charge in [-0.05, 0) is 35.7 Å². The van der Waals surface area contributed by atoms with Crippen LogP contribution < -0.4 is 10.2 Å². The van der Waals surface area contributed by atoms with E-state index in [-0.39, 0.29) is 5.91 Å². The molecular weight excluding hydrogens is 398 g/mol. The largest absolute Gasteiger partial charge is 0.361 e. The molecule has 3 aromatic rings. The Hall–Kier alpha value is -3.13. The van der Waals surface area contributed by atoms with Crippen LogP contribution in [0.1, 0.15) is 47.1 Å². The Bertz CT molecular complexity index is 1110. The number of amides is 1. The zero-order valence-corrected chi connectivity index (χ0v) is 17.9. The Morgan fingerprint density at radius 3 is 2.60 bits per heavy atom. The molecule has 1 aliphatic heterocycles. The summed E-state index contributed by atoms with van der Waals surface area (Å²) in [7, 11) is -1.21. The molecule has 0 radical (unpaired) electrons. The molecule has 0 saturated carbocycles. The van der Waals surface area contributed by atoms with Gasteiger partial charge in [0.15, 0.2) is 0 Å². The van der Waals surface area contributed by atoms with Gasteiger partial charge in [0.2, 0.25) is 5.16 Å². The van der Waals surface area contributed by atoms with Crippen molar-refractivity contribution in [3.8, 4) is 0 Å². The Balaban J connectivity index is 1.48. The number of aromatic nitrogens is 3. The number of pyridine rings is 1. The number of benzene rings is 1. The van der Waals surface area contributed by atoms with Crippen molar-refractivity contribution in [2.75, 3.05) is 16.5 Å². The van der Waals surface area contributed by atoms with Crippen molar-refractivity contribution >= 4 is 28.1 Å². The minimum atomic E-state index is -1.21. The third kappa shape index (κ3) is 4.23. The van der Waals surface area contributed by atoms with E-state index in [4.69, 9.17) is 0 Å². The number of anilines is 2. The van der Waals surface area contributed by atoms with Crippen LogP contribution in [0.4, 0.5) is 11.4 Å². The summed E-state index contributed by atoms with van der Waals surface area (Å²) in [4.78, 5) is 27.6. The lowest BCUT2D eigenvalue weighted by Crippen LogP contribution is -2.18. The third-order valence-electron chi connectivity index (χ3n) is 5.07. The van der Waals surface area contributed by atoms with Crippen LogP contribution in [-0.4, -0.2) is 31.3 Å². The van der Waals surface area contributed by atoms with Crippen LogP contribution in [-0.2, 0) is 23.9 Å². The first-order chi connectivity index (χ1) is 14.4. The van der Waals surface area contributed by atoms with E-state index in [1.807, 2.05) is 30.3 Å². The van der Waals surface area contributed by atoms with Gasteiger partial charge in [0.25, 0.3) is 5.91 Å². The van der Waals surface area contributed by atoms with Gasteiger partial charge in [-0.3, -0.25) is 14.0 Å². The molecule has 3 heterocycles. The van der Waals surface area contributed by atoms with Crippen molar-refractivity contribution in [1.29, 1.82) is 0 Å². The van der Waals surface area contributed by atoms with Gasteiger partial charge in [0.05, 0.1) is 23.0 Å². The smallest absolute Gasteiger partial charge is 0.274 e. The SMILES string of the molecule is CC(C)c1ccc(NC(=O)c2cc(N3Cc4cnc(S(C)=O)nc4C3)ccn2)cc1. The van der Waals surface area contributed by atoms with Crippen molar-refractivity contribution in [3.63, 3.8) is 0 Å². The Kier molecular flexibility index (Phi) is 5.59. The number of nitrogens with one attached hydrogen (secondary N) is 1. The standard InChI is InChI=1S/C22H23N5O2S/c1-14(2)15-4-6-17(7-5-15)25-21(28)19-10-18(8-9-23-19)27-12-16-11-24-22(30(3)29)26-20(16)13-27/h4-11,14H,12-13H2,1-3H3,(H,25,28). The molecular formula is C22H23N5O2S. The number of rotatable bonds is 5. The number of fused-ring (bicyclic) bond motifs is 1. The quantitative estimate of drug-likeness (QED) is 0.635. The lowest BCUT2D eigenvalue weighted by molar-refractivity contribution is 0.102. The van der Waals surface area contributed by atoms with Crippen LogP contribution in [0, 0.1) is 0 Å². The number of carbonyl (C=O) groups excluding carboxylic acids is 1.